The molecule has 16 heavy (non-hydrogen) atoms. The van der Waals surface area contributed by atoms with E-state index in [4.69, 9.17) is 5.73 Å². The Morgan fingerprint density at radius 2 is 2.00 bits per heavy atom. The van der Waals surface area contributed by atoms with Crippen molar-refractivity contribution in [3.05, 3.63) is 0 Å². The third kappa shape index (κ3) is 4.64. The Morgan fingerprint density at radius 3 is 2.56 bits per heavy atom. The Balaban J connectivity index is 2.31. The minimum absolute atomic E-state index is 0.607. The van der Waals surface area contributed by atoms with Gasteiger partial charge in [-0.15, -0.1) is 0 Å². The highest BCUT2D eigenvalue weighted by molar-refractivity contribution is 7.98. The molecule has 1 aliphatic rings. The summed E-state index contributed by atoms with van der Waals surface area (Å²) >= 11 is 1.94. The summed E-state index contributed by atoms with van der Waals surface area (Å²) in [4.78, 5) is 2.57. The smallest absolute Gasteiger partial charge is 0.0218 e. The van der Waals surface area contributed by atoms with Gasteiger partial charge in [0.15, 0.2) is 0 Å². The van der Waals surface area contributed by atoms with E-state index < -0.39 is 0 Å². The maximum atomic E-state index is 5.91. The standard InChI is InChI=1S/C13H28N2S/c1-15(12-7-4-3-5-8-12)13(11-14)9-6-10-16-2/h12-13H,3-11,14H2,1-2H3. The molecule has 1 saturated carbocycles. The van der Waals surface area contributed by atoms with Crippen LogP contribution in [-0.4, -0.2) is 42.6 Å². The number of likely N-dealkylation sites (N-methyl/N-ethyl adjacent to an activating group) is 1. The van der Waals surface area contributed by atoms with Crippen LogP contribution >= 0.6 is 11.8 Å². The van der Waals surface area contributed by atoms with Crippen molar-refractivity contribution in [1.29, 1.82) is 0 Å². The van der Waals surface area contributed by atoms with Gasteiger partial charge in [-0.25, -0.2) is 0 Å². The fraction of sp³-hybridized carbons (Fsp3) is 1.00. The molecule has 2 nitrogen and oxygen atoms in total. The molecule has 1 aliphatic carbocycles. The summed E-state index contributed by atoms with van der Waals surface area (Å²) in [5, 5.41) is 0. The highest BCUT2D eigenvalue weighted by Crippen LogP contribution is 2.24. The number of nitrogens with two attached hydrogens (primary N) is 1. The Bertz CT molecular complexity index is 169. The van der Waals surface area contributed by atoms with Gasteiger partial charge in [-0.3, -0.25) is 4.90 Å². The first-order valence-electron chi connectivity index (χ1n) is 6.70. The molecule has 0 saturated heterocycles. The predicted octanol–water partition coefficient (Wildman–Crippen LogP) is 2.72. The normalized spacial score (nSPS) is 20.2. The zero-order valence-electron chi connectivity index (χ0n) is 11.0. The molecule has 0 bridgehead atoms. The van der Waals surface area contributed by atoms with Gasteiger partial charge < -0.3 is 5.73 Å². The number of nitrogens with zero attached hydrogens (tertiary/aromatic N) is 1. The molecule has 0 heterocycles. The van der Waals surface area contributed by atoms with Crippen LogP contribution in [0.15, 0.2) is 0 Å². The summed E-state index contributed by atoms with van der Waals surface area (Å²) in [6.45, 7) is 0.821. The van der Waals surface area contributed by atoms with E-state index in [-0.39, 0.29) is 0 Å². The van der Waals surface area contributed by atoms with Crippen LogP contribution in [0.25, 0.3) is 0 Å². The van der Waals surface area contributed by atoms with Crippen LogP contribution in [-0.2, 0) is 0 Å². The topological polar surface area (TPSA) is 29.3 Å². The van der Waals surface area contributed by atoms with Crippen LogP contribution in [0, 0.1) is 0 Å². The molecule has 0 radical (unpaired) electrons. The first-order chi connectivity index (χ1) is 7.79. The summed E-state index contributed by atoms with van der Waals surface area (Å²) in [5.41, 5.74) is 5.91. The summed E-state index contributed by atoms with van der Waals surface area (Å²) in [6, 6.07) is 1.41. The van der Waals surface area contributed by atoms with Gasteiger partial charge in [0, 0.05) is 18.6 Å². The van der Waals surface area contributed by atoms with Crippen LogP contribution in [0.2, 0.25) is 0 Å². The van der Waals surface area contributed by atoms with Crippen molar-refractivity contribution in [3.8, 4) is 0 Å². The van der Waals surface area contributed by atoms with Gasteiger partial charge >= 0.3 is 0 Å². The Kier molecular flexibility index (Phi) is 7.50. The Labute approximate surface area is 105 Å². The van der Waals surface area contributed by atoms with Crippen molar-refractivity contribution in [1.82, 2.24) is 4.90 Å². The van der Waals surface area contributed by atoms with Gasteiger partial charge in [-0.05, 0) is 44.7 Å². The van der Waals surface area contributed by atoms with E-state index in [1.54, 1.807) is 0 Å². The van der Waals surface area contributed by atoms with E-state index in [1.165, 1.54) is 50.7 Å². The molecule has 0 amide bonds. The molecule has 0 aromatic rings. The Morgan fingerprint density at radius 1 is 1.31 bits per heavy atom. The van der Waals surface area contributed by atoms with Crippen LogP contribution in [0.1, 0.15) is 44.9 Å². The van der Waals surface area contributed by atoms with E-state index in [0.717, 1.165) is 12.6 Å². The molecule has 0 aromatic heterocycles. The maximum Gasteiger partial charge on any atom is 0.0218 e. The number of thioether (sulfide) groups is 1. The van der Waals surface area contributed by atoms with Gasteiger partial charge in [0.1, 0.15) is 0 Å². The van der Waals surface area contributed by atoms with Gasteiger partial charge in [-0.2, -0.15) is 11.8 Å². The zero-order chi connectivity index (χ0) is 11.8. The zero-order valence-corrected chi connectivity index (χ0v) is 11.8. The van der Waals surface area contributed by atoms with Crippen molar-refractivity contribution in [2.45, 2.75) is 57.0 Å². The molecule has 1 atom stereocenters. The quantitative estimate of drug-likeness (QED) is 0.698. The third-order valence-electron chi connectivity index (χ3n) is 3.88. The van der Waals surface area contributed by atoms with E-state index in [9.17, 15) is 0 Å². The highest BCUT2D eigenvalue weighted by atomic mass is 32.2. The Hall–Kier alpha value is 0.270. The predicted molar refractivity (Wildman–Crippen MR) is 75.1 cm³/mol. The van der Waals surface area contributed by atoms with Crippen LogP contribution in [0.3, 0.4) is 0 Å². The average Bonchev–Trinajstić information content (AvgIpc) is 2.35. The van der Waals surface area contributed by atoms with Crippen LogP contribution in [0.5, 0.6) is 0 Å². The molecular formula is C13H28N2S. The number of hydrogen-bond donors (Lipinski definition) is 1. The minimum Gasteiger partial charge on any atom is -0.329 e. The molecule has 1 fully saturated rings. The fourth-order valence-corrected chi connectivity index (χ4v) is 3.19. The molecular weight excluding hydrogens is 216 g/mol. The second-order valence-electron chi connectivity index (χ2n) is 4.98. The van der Waals surface area contributed by atoms with E-state index in [0.29, 0.717) is 6.04 Å². The summed E-state index contributed by atoms with van der Waals surface area (Å²) < 4.78 is 0. The van der Waals surface area contributed by atoms with Crippen LogP contribution < -0.4 is 5.73 Å². The summed E-state index contributed by atoms with van der Waals surface area (Å²) in [7, 11) is 2.28. The molecule has 2 N–H and O–H groups in total. The van der Waals surface area contributed by atoms with Crippen molar-refractivity contribution in [2.75, 3.05) is 25.6 Å². The van der Waals surface area contributed by atoms with Crippen molar-refractivity contribution in [2.24, 2.45) is 5.73 Å². The molecule has 0 aromatic carbocycles. The lowest BCUT2D eigenvalue weighted by Crippen LogP contribution is -2.45. The largest absolute Gasteiger partial charge is 0.329 e. The van der Waals surface area contributed by atoms with Gasteiger partial charge in [-0.1, -0.05) is 19.3 Å². The van der Waals surface area contributed by atoms with Crippen molar-refractivity contribution < 1.29 is 0 Å². The third-order valence-corrected chi connectivity index (χ3v) is 4.58. The molecule has 96 valence electrons. The van der Waals surface area contributed by atoms with E-state index >= 15 is 0 Å². The molecule has 0 aliphatic heterocycles. The number of hydrogen-bond acceptors (Lipinski definition) is 3. The first-order valence-corrected chi connectivity index (χ1v) is 8.10. The number of rotatable bonds is 7. The molecule has 0 spiro atoms. The maximum absolute atomic E-state index is 5.91. The van der Waals surface area contributed by atoms with Gasteiger partial charge in [0.25, 0.3) is 0 Å². The summed E-state index contributed by atoms with van der Waals surface area (Å²) in [5.74, 6) is 1.27. The summed E-state index contributed by atoms with van der Waals surface area (Å²) in [6.07, 6.45) is 11.8. The lowest BCUT2D eigenvalue weighted by atomic mass is 9.93. The SMILES string of the molecule is CSCCCC(CN)N(C)C1CCCCC1. The van der Waals surface area contributed by atoms with Gasteiger partial charge in [0.05, 0.1) is 0 Å². The fourth-order valence-electron chi connectivity index (χ4n) is 2.74. The van der Waals surface area contributed by atoms with E-state index in [1.807, 2.05) is 11.8 Å². The average molecular weight is 244 g/mol. The van der Waals surface area contributed by atoms with Crippen LogP contribution in [0.4, 0.5) is 0 Å². The lowest BCUT2D eigenvalue weighted by Gasteiger charge is -2.36. The first kappa shape index (κ1) is 14.3. The molecule has 1 rings (SSSR count). The van der Waals surface area contributed by atoms with Gasteiger partial charge in [0.2, 0.25) is 0 Å². The molecule has 3 heteroatoms. The lowest BCUT2D eigenvalue weighted by molar-refractivity contribution is 0.134. The van der Waals surface area contributed by atoms with Crippen molar-refractivity contribution in [3.63, 3.8) is 0 Å². The molecule has 1 unspecified atom stereocenters. The second-order valence-corrected chi connectivity index (χ2v) is 5.97. The highest BCUT2D eigenvalue weighted by Gasteiger charge is 2.23. The monoisotopic (exact) mass is 244 g/mol. The van der Waals surface area contributed by atoms with Crippen molar-refractivity contribution >= 4 is 11.8 Å². The second kappa shape index (κ2) is 8.37. The van der Waals surface area contributed by atoms with E-state index in [2.05, 4.69) is 18.2 Å². The minimum atomic E-state index is 0.607.